The Morgan fingerprint density at radius 1 is 1.21 bits per heavy atom. The molecule has 1 atom stereocenters. The molecule has 0 aliphatic carbocycles. The first-order valence-corrected chi connectivity index (χ1v) is 11.1. The van der Waals surface area contributed by atoms with Crippen LogP contribution in [0.15, 0.2) is 42.5 Å². The maximum Gasteiger partial charge on any atom is 0.267 e. The van der Waals surface area contributed by atoms with Crippen molar-refractivity contribution in [2.75, 3.05) is 29.5 Å². The molecule has 1 amide bonds. The zero-order chi connectivity index (χ0) is 21.4. The van der Waals surface area contributed by atoms with Gasteiger partial charge in [-0.05, 0) is 35.2 Å². The molecule has 29 heavy (non-hydrogen) atoms. The van der Waals surface area contributed by atoms with Crippen LogP contribution in [0.5, 0.6) is 11.5 Å². The Labute approximate surface area is 171 Å². The number of carbonyl (C=O) groups is 1. The Morgan fingerprint density at radius 3 is 2.55 bits per heavy atom. The molecule has 0 radical (unpaired) electrons. The van der Waals surface area contributed by atoms with E-state index in [1.165, 1.54) is 11.4 Å². The summed E-state index contributed by atoms with van der Waals surface area (Å²) in [6.45, 7) is 6.05. The molecule has 8 heteroatoms. The Kier molecular flexibility index (Phi) is 5.49. The number of methoxy groups -OCH3 is 1. The van der Waals surface area contributed by atoms with Crippen LogP contribution in [0, 0.1) is 0 Å². The van der Waals surface area contributed by atoms with Gasteiger partial charge < -0.3 is 14.8 Å². The number of amides is 1. The van der Waals surface area contributed by atoms with Gasteiger partial charge in [0.05, 0.1) is 25.6 Å². The number of hydrogen-bond donors (Lipinski definition) is 1. The molecule has 1 N–H and O–H groups in total. The average Bonchev–Trinajstić information content (AvgIpc) is 2.65. The Balaban J connectivity index is 1.91. The highest BCUT2D eigenvalue weighted by atomic mass is 32.2. The molecule has 1 aliphatic heterocycles. The smallest absolute Gasteiger partial charge is 0.267 e. The van der Waals surface area contributed by atoms with Gasteiger partial charge in [0.1, 0.15) is 11.5 Å². The van der Waals surface area contributed by atoms with Crippen molar-refractivity contribution < 1.29 is 22.7 Å². The molecule has 1 heterocycles. The quantitative estimate of drug-likeness (QED) is 0.824. The van der Waals surface area contributed by atoms with E-state index < -0.39 is 22.0 Å². The van der Waals surface area contributed by atoms with Crippen LogP contribution in [-0.4, -0.2) is 40.3 Å². The summed E-state index contributed by atoms with van der Waals surface area (Å²) in [6, 6.07) is 12.3. The van der Waals surface area contributed by atoms with Gasteiger partial charge in [-0.2, -0.15) is 0 Å². The predicted molar refractivity (Wildman–Crippen MR) is 113 cm³/mol. The van der Waals surface area contributed by atoms with E-state index in [4.69, 9.17) is 9.47 Å². The first-order chi connectivity index (χ1) is 13.5. The minimum absolute atomic E-state index is 0.102. The second kappa shape index (κ2) is 7.59. The lowest BCUT2D eigenvalue weighted by atomic mass is 9.86. The molecular weight excluding hydrogens is 392 g/mol. The normalized spacial score (nSPS) is 16.6. The van der Waals surface area contributed by atoms with E-state index in [2.05, 4.69) is 5.32 Å². The first kappa shape index (κ1) is 21.0. The monoisotopic (exact) mass is 418 g/mol. The highest BCUT2D eigenvalue weighted by Crippen LogP contribution is 2.38. The second-order valence-corrected chi connectivity index (χ2v) is 9.96. The number of benzene rings is 2. The van der Waals surface area contributed by atoms with Gasteiger partial charge in [-0.25, -0.2) is 8.42 Å². The third kappa shape index (κ3) is 4.64. The lowest BCUT2D eigenvalue weighted by Gasteiger charge is -2.35. The minimum Gasteiger partial charge on any atom is -0.497 e. The summed E-state index contributed by atoms with van der Waals surface area (Å²) in [5.74, 6) is 0.531. The highest BCUT2D eigenvalue weighted by molar-refractivity contribution is 7.92. The van der Waals surface area contributed by atoms with E-state index in [9.17, 15) is 13.2 Å². The van der Waals surface area contributed by atoms with Crippen LogP contribution in [-0.2, 0) is 20.2 Å². The van der Waals surface area contributed by atoms with Gasteiger partial charge in [0.15, 0.2) is 6.10 Å². The largest absolute Gasteiger partial charge is 0.497 e. The Hall–Kier alpha value is -2.74. The van der Waals surface area contributed by atoms with E-state index in [-0.39, 0.29) is 12.0 Å². The van der Waals surface area contributed by atoms with Gasteiger partial charge in [-0.1, -0.05) is 32.9 Å². The summed E-state index contributed by atoms with van der Waals surface area (Å²) in [4.78, 5) is 12.8. The maximum atomic E-state index is 12.8. The van der Waals surface area contributed by atoms with Crippen LogP contribution < -0.4 is 19.1 Å². The molecule has 0 spiro atoms. The molecule has 0 bridgehead atoms. The molecule has 2 aromatic rings. The first-order valence-electron chi connectivity index (χ1n) is 9.23. The SMILES string of the molecule is COc1cccc(NC(=O)[C@@H]2CN(S(C)(=O)=O)c3cc(C(C)(C)C)ccc3O2)c1. The number of carbonyl (C=O) groups excluding carboxylic acids is 1. The standard InChI is InChI=1S/C21H26N2O5S/c1-21(2,3)14-9-10-18-17(11-14)23(29(5,25)26)13-19(28-18)20(24)22-15-7-6-8-16(12-15)27-4/h6-12,19H,13H2,1-5H3,(H,22,24)/t19-/m0/s1. The number of sulfonamides is 1. The summed E-state index contributed by atoms with van der Waals surface area (Å²) in [7, 11) is -2.06. The number of ether oxygens (including phenoxy) is 2. The second-order valence-electron chi connectivity index (χ2n) is 8.05. The van der Waals surface area contributed by atoms with Crippen LogP contribution in [0.4, 0.5) is 11.4 Å². The Morgan fingerprint density at radius 2 is 1.93 bits per heavy atom. The van der Waals surface area contributed by atoms with Crippen LogP contribution in [0.3, 0.4) is 0 Å². The van der Waals surface area contributed by atoms with E-state index in [0.29, 0.717) is 22.9 Å². The predicted octanol–water partition coefficient (Wildman–Crippen LogP) is 3.16. The van der Waals surface area contributed by atoms with Crippen molar-refractivity contribution in [2.45, 2.75) is 32.3 Å². The number of rotatable bonds is 4. The highest BCUT2D eigenvalue weighted by Gasteiger charge is 2.36. The van der Waals surface area contributed by atoms with Gasteiger partial charge in [0, 0.05) is 11.8 Å². The zero-order valence-electron chi connectivity index (χ0n) is 17.2. The molecular formula is C21H26N2O5S. The average molecular weight is 419 g/mol. The van der Waals surface area contributed by atoms with Crippen molar-refractivity contribution >= 4 is 27.3 Å². The lowest BCUT2D eigenvalue weighted by molar-refractivity contribution is -0.122. The van der Waals surface area contributed by atoms with Gasteiger partial charge in [-0.15, -0.1) is 0 Å². The number of nitrogens with zero attached hydrogens (tertiary/aromatic N) is 1. The van der Waals surface area contributed by atoms with E-state index in [1.54, 1.807) is 30.3 Å². The molecule has 2 aromatic carbocycles. The van der Waals surface area contributed by atoms with Crippen LogP contribution in [0.2, 0.25) is 0 Å². The fourth-order valence-electron chi connectivity index (χ4n) is 3.09. The van der Waals surface area contributed by atoms with E-state index >= 15 is 0 Å². The molecule has 0 fully saturated rings. The molecule has 7 nitrogen and oxygen atoms in total. The molecule has 1 aliphatic rings. The number of fused-ring (bicyclic) bond motifs is 1. The number of hydrogen-bond acceptors (Lipinski definition) is 5. The van der Waals surface area contributed by atoms with Crippen molar-refractivity contribution in [2.24, 2.45) is 0 Å². The lowest BCUT2D eigenvalue weighted by Crippen LogP contribution is -2.48. The maximum absolute atomic E-state index is 12.8. The topological polar surface area (TPSA) is 84.9 Å². The van der Waals surface area contributed by atoms with Crippen molar-refractivity contribution in [3.8, 4) is 11.5 Å². The molecule has 0 saturated heterocycles. The summed E-state index contributed by atoms with van der Waals surface area (Å²) >= 11 is 0. The number of anilines is 2. The third-order valence-electron chi connectivity index (χ3n) is 4.72. The van der Waals surface area contributed by atoms with E-state index in [1.807, 2.05) is 32.9 Å². The molecule has 3 rings (SSSR count). The fraction of sp³-hybridized carbons (Fsp3) is 0.381. The molecule has 156 valence electrons. The Bertz CT molecular complexity index is 1030. The summed E-state index contributed by atoms with van der Waals surface area (Å²) in [5, 5.41) is 2.76. The van der Waals surface area contributed by atoms with Gasteiger partial charge in [0.25, 0.3) is 5.91 Å². The number of nitrogens with one attached hydrogen (secondary N) is 1. The summed E-state index contributed by atoms with van der Waals surface area (Å²) < 4.78 is 37.1. The van der Waals surface area contributed by atoms with Gasteiger partial charge >= 0.3 is 0 Å². The fourth-order valence-corrected chi connectivity index (χ4v) is 4.00. The molecule has 0 aromatic heterocycles. The molecule has 0 unspecified atom stereocenters. The van der Waals surface area contributed by atoms with E-state index in [0.717, 1.165) is 11.8 Å². The third-order valence-corrected chi connectivity index (χ3v) is 5.87. The zero-order valence-corrected chi connectivity index (χ0v) is 18.0. The molecule has 0 saturated carbocycles. The van der Waals surface area contributed by atoms with Gasteiger partial charge in [0.2, 0.25) is 10.0 Å². The van der Waals surface area contributed by atoms with Crippen molar-refractivity contribution in [3.05, 3.63) is 48.0 Å². The summed E-state index contributed by atoms with van der Waals surface area (Å²) in [6.07, 6.45) is 0.145. The minimum atomic E-state index is -3.60. The van der Waals surface area contributed by atoms with Crippen LogP contribution in [0.25, 0.3) is 0 Å². The van der Waals surface area contributed by atoms with Crippen LogP contribution in [0.1, 0.15) is 26.3 Å². The van der Waals surface area contributed by atoms with Crippen molar-refractivity contribution in [1.29, 1.82) is 0 Å². The van der Waals surface area contributed by atoms with Crippen LogP contribution >= 0.6 is 0 Å². The van der Waals surface area contributed by atoms with Gasteiger partial charge in [-0.3, -0.25) is 9.10 Å². The summed E-state index contributed by atoms with van der Waals surface area (Å²) in [5.41, 5.74) is 1.81. The van der Waals surface area contributed by atoms with Crippen molar-refractivity contribution in [3.63, 3.8) is 0 Å². The van der Waals surface area contributed by atoms with Crippen molar-refractivity contribution in [1.82, 2.24) is 0 Å².